The van der Waals surface area contributed by atoms with Crippen LogP contribution in [-0.4, -0.2) is 30.6 Å². The number of anilines is 1. The zero-order valence-electron chi connectivity index (χ0n) is 13.1. The van der Waals surface area contributed by atoms with Gasteiger partial charge in [0.1, 0.15) is 0 Å². The minimum Gasteiger partial charge on any atom is -0.348 e. The van der Waals surface area contributed by atoms with E-state index in [1.807, 2.05) is 13.8 Å². The molecule has 0 radical (unpaired) electrons. The van der Waals surface area contributed by atoms with Gasteiger partial charge in [0.15, 0.2) is 0 Å². The lowest BCUT2D eigenvalue weighted by atomic mass is 10.1. The van der Waals surface area contributed by atoms with E-state index < -0.39 is 0 Å². The van der Waals surface area contributed by atoms with Crippen molar-refractivity contribution >= 4 is 17.6 Å². The summed E-state index contributed by atoms with van der Waals surface area (Å²) in [6, 6.07) is 6.68. The van der Waals surface area contributed by atoms with Crippen LogP contribution in [0.4, 0.5) is 10.5 Å². The van der Waals surface area contributed by atoms with Crippen molar-refractivity contribution < 1.29 is 9.59 Å². The van der Waals surface area contributed by atoms with Gasteiger partial charge in [0.05, 0.1) is 0 Å². The Balaban J connectivity index is 1.90. The van der Waals surface area contributed by atoms with E-state index in [0.29, 0.717) is 23.7 Å². The lowest BCUT2D eigenvalue weighted by Gasteiger charge is -2.16. The van der Waals surface area contributed by atoms with Crippen LogP contribution in [0.2, 0.25) is 0 Å². The molecule has 120 valence electrons. The topological polar surface area (TPSA) is 96.2 Å². The summed E-state index contributed by atoms with van der Waals surface area (Å²) < 4.78 is 0. The van der Waals surface area contributed by atoms with E-state index >= 15 is 0 Å². The van der Waals surface area contributed by atoms with Crippen LogP contribution in [0.25, 0.3) is 0 Å². The van der Waals surface area contributed by atoms with Crippen LogP contribution in [0.1, 0.15) is 37.0 Å². The smallest absolute Gasteiger partial charge is 0.319 e. The van der Waals surface area contributed by atoms with E-state index in [-0.39, 0.29) is 24.0 Å². The summed E-state index contributed by atoms with van der Waals surface area (Å²) in [5.74, 6) is 0.398. The molecule has 5 N–H and O–H groups in total. The molecule has 0 bridgehead atoms. The Morgan fingerprint density at radius 2 is 1.82 bits per heavy atom. The maximum absolute atomic E-state index is 12.2. The fourth-order valence-corrected chi connectivity index (χ4v) is 2.25. The number of urea groups is 1. The molecule has 0 spiro atoms. The number of nitrogens with one attached hydrogen (secondary N) is 3. The zero-order valence-corrected chi connectivity index (χ0v) is 13.1. The van der Waals surface area contributed by atoms with Crippen LogP contribution in [0.3, 0.4) is 0 Å². The lowest BCUT2D eigenvalue weighted by molar-refractivity contribution is 0.0933. The molecule has 1 aliphatic carbocycles. The van der Waals surface area contributed by atoms with Crippen LogP contribution >= 0.6 is 0 Å². The summed E-state index contributed by atoms with van der Waals surface area (Å²) in [6.07, 6.45) is 2.27. The molecule has 1 aromatic rings. The first kappa shape index (κ1) is 16.3. The Hall–Kier alpha value is -2.08. The molecule has 1 aromatic carbocycles. The molecule has 2 rings (SSSR count). The number of benzene rings is 1. The summed E-state index contributed by atoms with van der Waals surface area (Å²) in [5.41, 5.74) is 6.90. The SMILES string of the molecule is CC(C)NC(=O)Nc1ccc(C(=O)NC(CN)C2CC2)cc1. The van der Waals surface area contributed by atoms with Crippen molar-refractivity contribution in [3.63, 3.8) is 0 Å². The third-order valence-corrected chi connectivity index (χ3v) is 3.59. The summed E-state index contributed by atoms with van der Waals surface area (Å²) >= 11 is 0. The molecule has 0 saturated heterocycles. The van der Waals surface area contributed by atoms with Gasteiger partial charge in [-0.3, -0.25) is 4.79 Å². The maximum atomic E-state index is 12.2. The van der Waals surface area contributed by atoms with Gasteiger partial charge >= 0.3 is 6.03 Å². The van der Waals surface area contributed by atoms with Crippen molar-refractivity contribution in [2.45, 2.75) is 38.8 Å². The number of carbonyl (C=O) groups is 2. The van der Waals surface area contributed by atoms with Gasteiger partial charge < -0.3 is 21.7 Å². The average molecular weight is 304 g/mol. The molecule has 6 nitrogen and oxygen atoms in total. The Kier molecular flexibility index (Phi) is 5.38. The molecule has 0 aliphatic heterocycles. The second-order valence-corrected chi connectivity index (χ2v) is 5.98. The van der Waals surface area contributed by atoms with Crippen molar-refractivity contribution in [2.75, 3.05) is 11.9 Å². The first-order valence-corrected chi connectivity index (χ1v) is 7.68. The molecule has 1 saturated carbocycles. The molecule has 3 amide bonds. The summed E-state index contributed by atoms with van der Waals surface area (Å²) in [6.45, 7) is 4.24. The fraction of sp³-hybridized carbons (Fsp3) is 0.500. The van der Waals surface area contributed by atoms with Gasteiger partial charge in [-0.25, -0.2) is 4.79 Å². The predicted molar refractivity (Wildman–Crippen MR) is 86.8 cm³/mol. The van der Waals surface area contributed by atoms with E-state index in [2.05, 4.69) is 16.0 Å². The van der Waals surface area contributed by atoms with Crippen molar-refractivity contribution in [2.24, 2.45) is 11.7 Å². The highest BCUT2D eigenvalue weighted by Gasteiger charge is 2.31. The molecule has 22 heavy (non-hydrogen) atoms. The summed E-state index contributed by atoms with van der Waals surface area (Å²) in [7, 11) is 0. The summed E-state index contributed by atoms with van der Waals surface area (Å²) in [4.78, 5) is 23.8. The number of amides is 3. The van der Waals surface area contributed by atoms with E-state index in [4.69, 9.17) is 5.73 Å². The number of nitrogens with two attached hydrogens (primary N) is 1. The maximum Gasteiger partial charge on any atom is 0.319 e. The number of hydrogen-bond donors (Lipinski definition) is 4. The Bertz CT molecular complexity index is 523. The third kappa shape index (κ3) is 4.73. The van der Waals surface area contributed by atoms with E-state index in [1.54, 1.807) is 24.3 Å². The fourth-order valence-electron chi connectivity index (χ4n) is 2.25. The summed E-state index contributed by atoms with van der Waals surface area (Å²) in [5, 5.41) is 8.42. The second kappa shape index (κ2) is 7.26. The first-order valence-electron chi connectivity index (χ1n) is 7.68. The quantitative estimate of drug-likeness (QED) is 0.644. The van der Waals surface area contributed by atoms with Crippen molar-refractivity contribution in [3.8, 4) is 0 Å². The average Bonchev–Trinajstić information content (AvgIpc) is 3.29. The molecule has 1 fully saturated rings. The zero-order chi connectivity index (χ0) is 16.1. The van der Waals surface area contributed by atoms with Crippen LogP contribution in [-0.2, 0) is 0 Å². The standard InChI is InChI=1S/C16H24N4O2/c1-10(2)18-16(22)19-13-7-5-12(6-8-13)15(21)20-14(9-17)11-3-4-11/h5-8,10-11,14H,3-4,9,17H2,1-2H3,(H,20,21)(H2,18,19,22). The van der Waals surface area contributed by atoms with Gasteiger partial charge in [-0.15, -0.1) is 0 Å². The Labute approximate surface area is 130 Å². The van der Waals surface area contributed by atoms with Crippen LogP contribution in [0.5, 0.6) is 0 Å². The molecular weight excluding hydrogens is 280 g/mol. The van der Waals surface area contributed by atoms with Gasteiger partial charge in [-0.05, 0) is 56.9 Å². The highest BCUT2D eigenvalue weighted by molar-refractivity contribution is 5.95. The van der Waals surface area contributed by atoms with Crippen LogP contribution in [0.15, 0.2) is 24.3 Å². The number of hydrogen-bond acceptors (Lipinski definition) is 3. The monoisotopic (exact) mass is 304 g/mol. The third-order valence-electron chi connectivity index (χ3n) is 3.59. The minimum absolute atomic E-state index is 0.0575. The van der Waals surface area contributed by atoms with Crippen molar-refractivity contribution in [1.29, 1.82) is 0 Å². The first-order chi connectivity index (χ1) is 10.5. The number of carbonyl (C=O) groups excluding carboxylic acids is 2. The Morgan fingerprint density at radius 1 is 1.18 bits per heavy atom. The van der Waals surface area contributed by atoms with Gasteiger partial charge in [-0.2, -0.15) is 0 Å². The number of rotatable bonds is 6. The van der Waals surface area contributed by atoms with Gasteiger partial charge in [-0.1, -0.05) is 0 Å². The lowest BCUT2D eigenvalue weighted by Crippen LogP contribution is -2.41. The molecular formula is C16H24N4O2. The molecule has 1 unspecified atom stereocenters. The molecule has 1 aliphatic rings. The molecule has 0 heterocycles. The normalized spacial score (nSPS) is 15.3. The molecule has 1 atom stereocenters. The van der Waals surface area contributed by atoms with Gasteiger partial charge in [0, 0.05) is 29.9 Å². The Morgan fingerprint density at radius 3 is 2.32 bits per heavy atom. The van der Waals surface area contributed by atoms with Crippen LogP contribution in [0, 0.1) is 5.92 Å². The van der Waals surface area contributed by atoms with Gasteiger partial charge in [0.25, 0.3) is 5.91 Å². The molecule has 0 aromatic heterocycles. The van der Waals surface area contributed by atoms with Crippen LogP contribution < -0.4 is 21.7 Å². The van der Waals surface area contributed by atoms with Gasteiger partial charge in [0.2, 0.25) is 0 Å². The van der Waals surface area contributed by atoms with Crippen molar-refractivity contribution in [1.82, 2.24) is 10.6 Å². The highest BCUT2D eigenvalue weighted by Crippen LogP contribution is 2.32. The minimum atomic E-state index is -0.260. The van der Waals surface area contributed by atoms with E-state index in [0.717, 1.165) is 12.8 Å². The van der Waals surface area contributed by atoms with E-state index in [1.165, 1.54) is 0 Å². The van der Waals surface area contributed by atoms with E-state index in [9.17, 15) is 9.59 Å². The second-order valence-electron chi connectivity index (χ2n) is 5.98. The predicted octanol–water partition coefficient (Wildman–Crippen LogP) is 1.68. The highest BCUT2D eigenvalue weighted by atomic mass is 16.2. The largest absolute Gasteiger partial charge is 0.348 e. The molecule has 6 heteroatoms. The van der Waals surface area contributed by atoms with Crippen molar-refractivity contribution in [3.05, 3.63) is 29.8 Å².